The lowest BCUT2D eigenvalue weighted by Crippen LogP contribution is -2.44. The Labute approximate surface area is 136 Å². The second-order valence-electron chi connectivity index (χ2n) is 5.33. The van der Waals surface area contributed by atoms with Crippen LogP contribution in [0.5, 0.6) is 11.5 Å². The van der Waals surface area contributed by atoms with Gasteiger partial charge in [-0.05, 0) is 17.7 Å². The van der Waals surface area contributed by atoms with Crippen LogP contribution >= 0.6 is 0 Å². The van der Waals surface area contributed by atoms with Crippen molar-refractivity contribution < 1.29 is 23.7 Å². The van der Waals surface area contributed by atoms with Crippen LogP contribution in [0.1, 0.15) is 5.56 Å². The smallest absolute Gasteiger partial charge is 0.317 e. The molecule has 1 fully saturated rings. The molecule has 0 bridgehead atoms. The lowest BCUT2D eigenvalue weighted by atomic mass is 10.2. The first-order valence-corrected chi connectivity index (χ1v) is 7.52. The average molecular weight is 324 g/mol. The van der Waals surface area contributed by atoms with Crippen LogP contribution in [0.2, 0.25) is 0 Å². The van der Waals surface area contributed by atoms with Crippen LogP contribution in [0.4, 0.5) is 4.79 Å². The summed E-state index contributed by atoms with van der Waals surface area (Å²) in [5.41, 5.74) is 0.903. The molecule has 1 aliphatic heterocycles. The first-order valence-electron chi connectivity index (χ1n) is 7.52. The molecule has 1 atom stereocenters. The van der Waals surface area contributed by atoms with Crippen molar-refractivity contribution in [3.63, 3.8) is 0 Å². The SMILES string of the molecule is COc1cc(CNC(=O)N(C)C[C@H]2COCCO2)cc(OC)c1. The van der Waals surface area contributed by atoms with Gasteiger partial charge in [0.15, 0.2) is 0 Å². The first kappa shape index (κ1) is 17.4. The van der Waals surface area contributed by atoms with Gasteiger partial charge in [0.05, 0.1) is 46.7 Å². The summed E-state index contributed by atoms with van der Waals surface area (Å²) in [5, 5.41) is 2.87. The molecular weight excluding hydrogens is 300 g/mol. The minimum absolute atomic E-state index is 0.0728. The molecule has 2 rings (SSSR count). The van der Waals surface area contributed by atoms with E-state index in [0.29, 0.717) is 44.4 Å². The third kappa shape index (κ3) is 5.30. The van der Waals surface area contributed by atoms with Gasteiger partial charge >= 0.3 is 6.03 Å². The average Bonchev–Trinajstić information content (AvgIpc) is 2.60. The Bertz CT molecular complexity index is 495. The summed E-state index contributed by atoms with van der Waals surface area (Å²) < 4.78 is 21.3. The molecule has 0 spiro atoms. The second-order valence-corrected chi connectivity index (χ2v) is 5.33. The quantitative estimate of drug-likeness (QED) is 0.853. The van der Waals surface area contributed by atoms with Crippen molar-refractivity contribution in [1.82, 2.24) is 10.2 Å². The largest absolute Gasteiger partial charge is 0.497 e. The number of methoxy groups -OCH3 is 2. The topological polar surface area (TPSA) is 69.3 Å². The maximum atomic E-state index is 12.2. The zero-order valence-corrected chi connectivity index (χ0v) is 13.8. The number of urea groups is 1. The Kier molecular flexibility index (Phi) is 6.49. The lowest BCUT2D eigenvalue weighted by Gasteiger charge is -2.27. The second kappa shape index (κ2) is 8.59. The van der Waals surface area contributed by atoms with E-state index < -0.39 is 0 Å². The van der Waals surface area contributed by atoms with Crippen LogP contribution < -0.4 is 14.8 Å². The number of amides is 2. The number of carbonyl (C=O) groups is 1. The van der Waals surface area contributed by atoms with Crippen LogP contribution in [-0.2, 0) is 16.0 Å². The van der Waals surface area contributed by atoms with E-state index in [1.165, 1.54) is 0 Å². The van der Waals surface area contributed by atoms with Crippen molar-refractivity contribution in [2.24, 2.45) is 0 Å². The van der Waals surface area contributed by atoms with Gasteiger partial charge in [-0.1, -0.05) is 0 Å². The molecule has 1 heterocycles. The van der Waals surface area contributed by atoms with Crippen LogP contribution in [0, 0.1) is 0 Å². The Morgan fingerprint density at radius 3 is 2.52 bits per heavy atom. The van der Waals surface area contributed by atoms with Gasteiger partial charge in [-0.25, -0.2) is 4.79 Å². The Balaban J connectivity index is 1.85. The molecule has 1 N–H and O–H groups in total. The molecule has 2 amide bonds. The lowest BCUT2D eigenvalue weighted by molar-refractivity contribution is -0.0928. The summed E-state index contributed by atoms with van der Waals surface area (Å²) in [4.78, 5) is 13.7. The van der Waals surface area contributed by atoms with Crippen LogP contribution in [-0.4, -0.2) is 64.7 Å². The number of nitrogens with one attached hydrogen (secondary N) is 1. The van der Waals surface area contributed by atoms with E-state index in [4.69, 9.17) is 18.9 Å². The molecule has 128 valence electrons. The molecule has 0 unspecified atom stereocenters. The van der Waals surface area contributed by atoms with Crippen molar-refractivity contribution in [3.05, 3.63) is 23.8 Å². The summed E-state index contributed by atoms with van der Waals surface area (Å²) in [6.07, 6.45) is -0.0728. The number of hydrogen-bond donors (Lipinski definition) is 1. The first-order chi connectivity index (χ1) is 11.1. The molecule has 0 radical (unpaired) electrons. The standard InChI is InChI=1S/C16H24N2O5/c1-18(10-15-11-22-4-5-23-15)16(19)17-9-12-6-13(20-2)8-14(7-12)21-3/h6-8,15H,4-5,9-11H2,1-3H3,(H,17,19)/t15-/m0/s1. The van der Waals surface area contributed by atoms with Gasteiger partial charge in [0, 0.05) is 19.7 Å². The zero-order valence-electron chi connectivity index (χ0n) is 13.8. The van der Waals surface area contributed by atoms with E-state index in [1.54, 1.807) is 32.2 Å². The molecule has 1 aromatic carbocycles. The monoisotopic (exact) mass is 324 g/mol. The van der Waals surface area contributed by atoms with E-state index in [9.17, 15) is 4.79 Å². The molecule has 7 heteroatoms. The molecule has 1 aromatic rings. The fraction of sp³-hybridized carbons (Fsp3) is 0.562. The highest BCUT2D eigenvalue weighted by atomic mass is 16.6. The van der Waals surface area contributed by atoms with E-state index in [2.05, 4.69) is 5.32 Å². The highest BCUT2D eigenvalue weighted by Crippen LogP contribution is 2.22. The summed E-state index contributed by atoms with van der Waals surface area (Å²) in [6.45, 7) is 2.59. The van der Waals surface area contributed by atoms with Crippen molar-refractivity contribution in [2.45, 2.75) is 12.6 Å². The Morgan fingerprint density at radius 2 is 1.96 bits per heavy atom. The maximum Gasteiger partial charge on any atom is 0.317 e. The number of hydrogen-bond acceptors (Lipinski definition) is 5. The molecule has 23 heavy (non-hydrogen) atoms. The number of rotatable bonds is 6. The molecule has 0 aliphatic carbocycles. The van der Waals surface area contributed by atoms with Gasteiger partial charge in [0.1, 0.15) is 11.5 Å². The van der Waals surface area contributed by atoms with Crippen LogP contribution in [0.3, 0.4) is 0 Å². The molecule has 7 nitrogen and oxygen atoms in total. The Morgan fingerprint density at radius 1 is 1.26 bits per heavy atom. The zero-order chi connectivity index (χ0) is 16.7. The predicted octanol–water partition coefficient (Wildman–Crippen LogP) is 1.26. The fourth-order valence-electron chi connectivity index (χ4n) is 2.31. The molecule has 1 saturated heterocycles. The highest BCUT2D eigenvalue weighted by molar-refractivity contribution is 5.73. The van der Waals surface area contributed by atoms with Gasteiger partial charge in [0.2, 0.25) is 0 Å². The summed E-state index contributed by atoms with van der Waals surface area (Å²) in [6, 6.07) is 5.35. The number of benzene rings is 1. The van der Waals surface area contributed by atoms with E-state index in [-0.39, 0.29) is 12.1 Å². The van der Waals surface area contributed by atoms with Crippen molar-refractivity contribution in [3.8, 4) is 11.5 Å². The van der Waals surface area contributed by atoms with E-state index in [1.807, 2.05) is 12.1 Å². The van der Waals surface area contributed by atoms with Crippen LogP contribution in [0.15, 0.2) is 18.2 Å². The van der Waals surface area contributed by atoms with Crippen molar-refractivity contribution in [1.29, 1.82) is 0 Å². The predicted molar refractivity (Wildman–Crippen MR) is 85.0 cm³/mol. The summed E-state index contributed by atoms with van der Waals surface area (Å²) in [5.74, 6) is 1.38. The van der Waals surface area contributed by atoms with Crippen LogP contribution in [0.25, 0.3) is 0 Å². The van der Waals surface area contributed by atoms with Gasteiger partial charge in [-0.3, -0.25) is 0 Å². The third-order valence-electron chi connectivity index (χ3n) is 3.56. The summed E-state index contributed by atoms with van der Waals surface area (Å²) >= 11 is 0. The number of likely N-dealkylation sites (N-methyl/N-ethyl adjacent to an activating group) is 1. The highest BCUT2D eigenvalue weighted by Gasteiger charge is 2.19. The molecule has 1 aliphatic rings. The van der Waals surface area contributed by atoms with Gasteiger partial charge < -0.3 is 29.2 Å². The Hall–Kier alpha value is -1.99. The van der Waals surface area contributed by atoms with E-state index in [0.717, 1.165) is 5.56 Å². The number of carbonyl (C=O) groups excluding carboxylic acids is 1. The number of nitrogens with zero attached hydrogens (tertiary/aromatic N) is 1. The minimum Gasteiger partial charge on any atom is -0.497 e. The number of ether oxygens (including phenoxy) is 4. The van der Waals surface area contributed by atoms with Gasteiger partial charge in [0.25, 0.3) is 0 Å². The summed E-state index contributed by atoms with van der Waals surface area (Å²) in [7, 11) is 4.92. The normalized spacial score (nSPS) is 17.4. The maximum absolute atomic E-state index is 12.2. The van der Waals surface area contributed by atoms with Crippen molar-refractivity contribution in [2.75, 3.05) is 47.6 Å². The minimum atomic E-state index is -0.166. The van der Waals surface area contributed by atoms with Crippen molar-refractivity contribution >= 4 is 6.03 Å². The van der Waals surface area contributed by atoms with Gasteiger partial charge in [-0.2, -0.15) is 0 Å². The molecular formula is C16H24N2O5. The fourth-order valence-corrected chi connectivity index (χ4v) is 2.31. The van der Waals surface area contributed by atoms with Gasteiger partial charge in [-0.15, -0.1) is 0 Å². The molecule has 0 aromatic heterocycles. The molecule has 0 saturated carbocycles. The third-order valence-corrected chi connectivity index (χ3v) is 3.56. The van der Waals surface area contributed by atoms with E-state index >= 15 is 0 Å².